The molecule has 1 aliphatic heterocycles. The summed E-state index contributed by atoms with van der Waals surface area (Å²) in [5.74, 6) is 0.753. The van der Waals surface area contributed by atoms with Gasteiger partial charge in [0.1, 0.15) is 29.0 Å². The van der Waals surface area contributed by atoms with Crippen LogP contribution in [0.3, 0.4) is 0 Å². The van der Waals surface area contributed by atoms with Gasteiger partial charge in [-0.25, -0.2) is 14.4 Å². The lowest BCUT2D eigenvalue weighted by molar-refractivity contribution is 0.0740. The van der Waals surface area contributed by atoms with E-state index in [1.54, 1.807) is 29.4 Å². The second kappa shape index (κ2) is 8.71. The van der Waals surface area contributed by atoms with Crippen molar-refractivity contribution in [1.82, 2.24) is 24.6 Å². The van der Waals surface area contributed by atoms with Gasteiger partial charge < -0.3 is 15.4 Å². The highest BCUT2D eigenvalue weighted by Crippen LogP contribution is 2.49. The number of halogens is 1. The molecule has 38 heavy (non-hydrogen) atoms. The molecule has 3 fully saturated rings. The van der Waals surface area contributed by atoms with Crippen LogP contribution in [-0.4, -0.2) is 49.7 Å². The number of thiazole rings is 1. The molecule has 8 nitrogen and oxygen atoms in total. The number of benzene rings is 1. The minimum absolute atomic E-state index is 0.00934. The van der Waals surface area contributed by atoms with E-state index in [9.17, 15) is 9.18 Å². The number of rotatable bonds is 6. The summed E-state index contributed by atoms with van der Waals surface area (Å²) in [7, 11) is 1.79. The minimum atomic E-state index is -0.376. The third kappa shape index (κ3) is 3.99. The van der Waals surface area contributed by atoms with Crippen LogP contribution in [0.1, 0.15) is 35.3 Å². The van der Waals surface area contributed by atoms with E-state index in [4.69, 9.17) is 15.5 Å². The highest BCUT2D eigenvalue weighted by Gasteiger charge is 2.59. The van der Waals surface area contributed by atoms with Gasteiger partial charge in [0.05, 0.1) is 11.2 Å². The Morgan fingerprint density at radius 1 is 1.11 bits per heavy atom. The van der Waals surface area contributed by atoms with Crippen LogP contribution in [0.5, 0.6) is 5.88 Å². The van der Waals surface area contributed by atoms with Crippen LogP contribution in [0.4, 0.5) is 4.39 Å². The van der Waals surface area contributed by atoms with Gasteiger partial charge in [-0.3, -0.25) is 9.48 Å². The van der Waals surface area contributed by atoms with Gasteiger partial charge in [-0.05, 0) is 61.2 Å². The fraction of sp³-hybridized carbons (Fsp3) is 0.357. The van der Waals surface area contributed by atoms with Gasteiger partial charge in [0.2, 0.25) is 5.88 Å². The monoisotopic (exact) mass is 530 g/mol. The van der Waals surface area contributed by atoms with E-state index >= 15 is 0 Å². The van der Waals surface area contributed by atoms with Gasteiger partial charge in [-0.15, -0.1) is 11.3 Å². The van der Waals surface area contributed by atoms with Crippen molar-refractivity contribution >= 4 is 17.2 Å². The lowest BCUT2D eigenvalue weighted by Gasteiger charge is -2.38. The molecule has 2 aliphatic carbocycles. The Bertz CT molecular complexity index is 1500. The SMILES string of the molecule is Cn1nc(-c2cscn2)cc1C(=O)N1C[C@@H]2[C@H](C1)[C@@H]2Oc1cc(C2(N)CCC2)cc(-c2ccc(F)cc2)n1. The van der Waals surface area contributed by atoms with Gasteiger partial charge in [0.25, 0.3) is 5.91 Å². The Hall–Kier alpha value is -3.63. The van der Waals surface area contributed by atoms with Crippen molar-refractivity contribution in [1.29, 1.82) is 0 Å². The Labute approximate surface area is 223 Å². The summed E-state index contributed by atoms with van der Waals surface area (Å²) >= 11 is 1.50. The first-order valence-corrected chi connectivity index (χ1v) is 13.8. The summed E-state index contributed by atoms with van der Waals surface area (Å²) in [4.78, 5) is 24.2. The number of likely N-dealkylation sites (tertiary alicyclic amines) is 1. The molecule has 7 rings (SSSR count). The number of nitrogens with two attached hydrogens (primary N) is 1. The van der Waals surface area contributed by atoms with E-state index in [2.05, 4.69) is 10.1 Å². The molecule has 3 aliphatic rings. The number of amides is 1. The summed E-state index contributed by atoms with van der Waals surface area (Å²) < 4.78 is 21.5. The zero-order valence-corrected chi connectivity index (χ0v) is 21.7. The van der Waals surface area contributed by atoms with Crippen molar-refractivity contribution in [2.24, 2.45) is 24.6 Å². The predicted molar refractivity (Wildman–Crippen MR) is 141 cm³/mol. The molecule has 4 aromatic rings. The average Bonchev–Trinajstić information content (AvgIpc) is 3.41. The summed E-state index contributed by atoms with van der Waals surface area (Å²) in [6, 6.07) is 12.1. The molecular weight excluding hydrogens is 503 g/mol. The van der Waals surface area contributed by atoms with Crippen LogP contribution in [0.25, 0.3) is 22.6 Å². The maximum atomic E-state index is 13.5. The maximum absolute atomic E-state index is 13.5. The predicted octanol–water partition coefficient (Wildman–Crippen LogP) is 4.23. The molecule has 1 amide bonds. The number of carbonyl (C=O) groups excluding carboxylic acids is 1. The van der Waals surface area contributed by atoms with E-state index in [0.29, 0.717) is 30.4 Å². The second-order valence-electron chi connectivity index (χ2n) is 10.6. The first-order valence-electron chi connectivity index (χ1n) is 12.8. The molecule has 0 radical (unpaired) electrons. The molecule has 0 bridgehead atoms. The second-order valence-corrected chi connectivity index (χ2v) is 11.3. The third-order valence-electron chi connectivity index (χ3n) is 8.22. The third-order valence-corrected chi connectivity index (χ3v) is 8.80. The quantitative estimate of drug-likeness (QED) is 0.401. The number of hydrogen-bond donors (Lipinski definition) is 1. The van der Waals surface area contributed by atoms with Gasteiger partial charge in [-0.1, -0.05) is 0 Å². The van der Waals surface area contributed by atoms with Crippen molar-refractivity contribution in [2.75, 3.05) is 13.1 Å². The van der Waals surface area contributed by atoms with Gasteiger partial charge >= 0.3 is 0 Å². The maximum Gasteiger partial charge on any atom is 0.272 e. The number of fused-ring (bicyclic) bond motifs is 1. The number of ether oxygens (including phenoxy) is 1. The largest absolute Gasteiger partial charge is 0.474 e. The van der Waals surface area contributed by atoms with E-state index < -0.39 is 0 Å². The lowest BCUT2D eigenvalue weighted by Crippen LogP contribution is -2.43. The topological polar surface area (TPSA) is 99.2 Å². The highest BCUT2D eigenvalue weighted by atomic mass is 32.1. The first-order chi connectivity index (χ1) is 18.4. The van der Waals surface area contributed by atoms with Crippen LogP contribution in [0.15, 0.2) is 53.4 Å². The average molecular weight is 531 g/mol. The zero-order valence-electron chi connectivity index (χ0n) is 20.9. The Balaban J connectivity index is 1.07. The van der Waals surface area contributed by atoms with E-state index in [-0.39, 0.29) is 35.2 Å². The number of hydrogen-bond acceptors (Lipinski definition) is 7. The molecule has 1 saturated heterocycles. The first kappa shape index (κ1) is 23.5. The van der Waals surface area contributed by atoms with Crippen molar-refractivity contribution in [3.05, 3.63) is 70.4 Å². The van der Waals surface area contributed by atoms with Crippen molar-refractivity contribution < 1.29 is 13.9 Å². The standard InChI is InChI=1S/C28H27FN6O2S/c1-34-24(11-22(33-34)23-14-38-15-31-23)27(36)35-12-19-20(13-35)26(19)37-25-10-17(28(30)7-2-8-28)9-21(32-25)16-3-5-18(29)6-4-16/h3-6,9-11,14-15,19-20,26H,2,7-8,12-13,30H2,1H3/t19-,20+,26-. The molecule has 4 heterocycles. The molecule has 0 unspecified atom stereocenters. The van der Waals surface area contributed by atoms with Gasteiger partial charge in [0.15, 0.2) is 0 Å². The zero-order chi connectivity index (χ0) is 26.0. The Morgan fingerprint density at radius 2 is 1.87 bits per heavy atom. The van der Waals surface area contributed by atoms with E-state index in [1.807, 2.05) is 28.5 Å². The molecular formula is C28H27FN6O2S. The molecule has 2 N–H and O–H groups in total. The fourth-order valence-corrected chi connectivity index (χ4v) is 6.26. The van der Waals surface area contributed by atoms with Crippen LogP contribution in [0, 0.1) is 17.7 Å². The molecule has 194 valence electrons. The Morgan fingerprint density at radius 3 is 2.53 bits per heavy atom. The van der Waals surface area contributed by atoms with Crippen molar-refractivity contribution in [2.45, 2.75) is 30.9 Å². The molecule has 2 saturated carbocycles. The molecule has 3 aromatic heterocycles. The van der Waals surface area contributed by atoms with Crippen LogP contribution in [0.2, 0.25) is 0 Å². The fourth-order valence-electron chi connectivity index (χ4n) is 5.71. The number of aryl methyl sites for hydroxylation is 1. The number of pyridine rings is 1. The summed E-state index contributed by atoms with van der Waals surface area (Å²) in [5.41, 5.74) is 12.6. The number of piperidine rings is 1. The number of aromatic nitrogens is 4. The van der Waals surface area contributed by atoms with E-state index in [0.717, 1.165) is 41.8 Å². The van der Waals surface area contributed by atoms with Crippen LogP contribution < -0.4 is 10.5 Å². The van der Waals surface area contributed by atoms with Crippen LogP contribution in [-0.2, 0) is 12.6 Å². The van der Waals surface area contributed by atoms with Crippen molar-refractivity contribution in [3.8, 4) is 28.5 Å². The van der Waals surface area contributed by atoms with Gasteiger partial charge in [0, 0.05) is 54.5 Å². The normalized spacial score (nSPS) is 23.1. The van der Waals surface area contributed by atoms with Crippen molar-refractivity contribution in [3.63, 3.8) is 0 Å². The molecule has 0 spiro atoms. The molecule has 1 aromatic carbocycles. The minimum Gasteiger partial charge on any atom is -0.474 e. The lowest BCUT2D eigenvalue weighted by atomic mass is 9.73. The Kier molecular flexibility index (Phi) is 5.38. The van der Waals surface area contributed by atoms with Gasteiger partial charge in [-0.2, -0.15) is 5.10 Å². The highest BCUT2D eigenvalue weighted by molar-refractivity contribution is 7.07. The van der Waals surface area contributed by atoms with E-state index in [1.165, 1.54) is 23.5 Å². The number of nitrogens with zero attached hydrogens (tertiary/aromatic N) is 5. The molecule has 10 heteroatoms. The smallest absolute Gasteiger partial charge is 0.272 e. The van der Waals surface area contributed by atoms with Crippen LogP contribution >= 0.6 is 11.3 Å². The summed E-state index contributed by atoms with van der Waals surface area (Å²) in [6.07, 6.45) is 2.95. The number of carbonyl (C=O) groups is 1. The molecule has 3 atom stereocenters. The summed E-state index contributed by atoms with van der Waals surface area (Å²) in [6.45, 7) is 1.27. The summed E-state index contributed by atoms with van der Waals surface area (Å²) in [5, 5.41) is 6.40.